The normalized spacial score (nSPS) is 11.0. The summed E-state index contributed by atoms with van der Waals surface area (Å²) >= 11 is 12.3. The number of halogens is 2. The summed E-state index contributed by atoms with van der Waals surface area (Å²) in [5, 5.41) is 8.94. The Morgan fingerprint density at radius 2 is 1.81 bits per heavy atom. The number of hydrogen-bond acceptors (Lipinski definition) is 3. The number of carbonyl (C=O) groups excluding carboxylic acids is 1. The minimum absolute atomic E-state index is 0.224. The highest BCUT2D eigenvalue weighted by molar-refractivity contribution is 6.31. The van der Waals surface area contributed by atoms with Crippen LogP contribution in [0, 0.1) is 0 Å². The molecule has 0 unspecified atom stereocenters. The molecule has 2 N–H and O–H groups in total. The topological polar surface area (TPSA) is 70.9 Å². The van der Waals surface area contributed by atoms with E-state index in [1.807, 2.05) is 30.5 Å². The van der Waals surface area contributed by atoms with Crippen LogP contribution >= 0.6 is 23.2 Å². The summed E-state index contributed by atoms with van der Waals surface area (Å²) in [6, 6.07) is 12.7. The van der Waals surface area contributed by atoms with E-state index in [0.717, 1.165) is 28.5 Å². The monoisotopic (exact) mass is 399 g/mol. The molecule has 4 aromatic rings. The second-order valence-electron chi connectivity index (χ2n) is 6.14. The molecule has 2 aromatic heterocycles. The van der Waals surface area contributed by atoms with Crippen LogP contribution in [0.25, 0.3) is 10.9 Å². The molecule has 1 amide bonds. The van der Waals surface area contributed by atoms with Crippen molar-refractivity contribution in [2.75, 3.05) is 5.32 Å². The molecule has 0 aliphatic rings. The van der Waals surface area contributed by atoms with E-state index in [1.165, 1.54) is 12.3 Å². The van der Waals surface area contributed by atoms with Crippen molar-refractivity contribution in [3.8, 4) is 0 Å². The van der Waals surface area contributed by atoms with Crippen molar-refractivity contribution in [3.63, 3.8) is 0 Å². The number of fused-ring (bicyclic) bond motifs is 1. The molecule has 2 aromatic carbocycles. The Bertz CT molecular complexity index is 1100. The van der Waals surface area contributed by atoms with Gasteiger partial charge in [-0.05, 0) is 60.4 Å². The lowest BCUT2D eigenvalue weighted by atomic mass is 10.0. The van der Waals surface area contributed by atoms with E-state index >= 15 is 0 Å². The smallest absolute Gasteiger partial charge is 0.277 e. The fraction of sp³-hybridized carbons (Fsp3) is 0.100. The molecule has 0 aliphatic carbocycles. The average Bonchev–Trinajstić information content (AvgIpc) is 3.31. The number of anilines is 1. The number of H-pyrrole nitrogens is 1. The maximum absolute atomic E-state index is 12.3. The molecule has 5 nitrogen and oxygen atoms in total. The van der Waals surface area contributed by atoms with E-state index in [4.69, 9.17) is 27.7 Å². The molecule has 0 radical (unpaired) electrons. The first-order valence-electron chi connectivity index (χ1n) is 8.36. The number of aromatic nitrogens is 2. The van der Waals surface area contributed by atoms with E-state index in [-0.39, 0.29) is 11.6 Å². The number of rotatable bonds is 5. The lowest BCUT2D eigenvalue weighted by Gasteiger charge is -2.11. The fourth-order valence-corrected chi connectivity index (χ4v) is 3.40. The summed E-state index contributed by atoms with van der Waals surface area (Å²) < 4.78 is 4.72. The summed E-state index contributed by atoms with van der Waals surface area (Å²) in [4.78, 5) is 15.5. The number of aromatic amines is 1. The molecule has 7 heteroatoms. The zero-order chi connectivity index (χ0) is 18.8. The molecule has 2 heterocycles. The van der Waals surface area contributed by atoms with Crippen molar-refractivity contribution in [2.24, 2.45) is 0 Å². The third-order valence-corrected chi connectivity index (χ3v) is 4.85. The van der Waals surface area contributed by atoms with Gasteiger partial charge >= 0.3 is 0 Å². The summed E-state index contributed by atoms with van der Waals surface area (Å²) in [5.41, 5.74) is 4.06. The van der Waals surface area contributed by atoms with Gasteiger partial charge < -0.3 is 14.8 Å². The number of aryl methyl sites for hydroxylation is 2. The number of carbonyl (C=O) groups is 1. The molecule has 0 atom stereocenters. The molecule has 27 heavy (non-hydrogen) atoms. The Kier molecular flexibility index (Phi) is 4.88. The second kappa shape index (κ2) is 7.47. The molecule has 0 fully saturated rings. The van der Waals surface area contributed by atoms with Crippen LogP contribution in [-0.4, -0.2) is 16.0 Å². The average molecular weight is 400 g/mol. The van der Waals surface area contributed by atoms with Crippen LogP contribution in [0.5, 0.6) is 0 Å². The third kappa shape index (κ3) is 3.84. The first kappa shape index (κ1) is 17.6. The maximum Gasteiger partial charge on any atom is 0.277 e. The number of benzene rings is 2. The quantitative estimate of drug-likeness (QED) is 0.465. The number of nitrogens with one attached hydrogen (secondary N) is 2. The van der Waals surface area contributed by atoms with Crippen molar-refractivity contribution < 1.29 is 9.32 Å². The highest BCUT2D eigenvalue weighted by atomic mass is 35.5. The van der Waals surface area contributed by atoms with E-state index in [1.54, 1.807) is 12.1 Å². The summed E-state index contributed by atoms with van der Waals surface area (Å²) in [6.45, 7) is 0. The Morgan fingerprint density at radius 1 is 1.04 bits per heavy atom. The predicted molar refractivity (Wildman–Crippen MR) is 107 cm³/mol. The van der Waals surface area contributed by atoms with Gasteiger partial charge in [0.2, 0.25) is 0 Å². The maximum atomic E-state index is 12.3. The minimum Gasteiger partial charge on any atom is -0.364 e. The Hall–Kier alpha value is -2.76. The molecule has 0 saturated heterocycles. The second-order valence-corrected chi connectivity index (χ2v) is 7.02. The lowest BCUT2D eigenvalue weighted by Crippen LogP contribution is -2.13. The summed E-state index contributed by atoms with van der Waals surface area (Å²) in [7, 11) is 0. The minimum atomic E-state index is -0.328. The van der Waals surface area contributed by atoms with Gasteiger partial charge in [0.05, 0.1) is 0 Å². The SMILES string of the molecule is O=C(Nc1ccc(Cl)cc1CCc1c[nH]c2ccc(Cl)cc12)c1ccon1. The zero-order valence-corrected chi connectivity index (χ0v) is 15.6. The van der Waals surface area contributed by atoms with Crippen molar-refractivity contribution in [1.29, 1.82) is 0 Å². The zero-order valence-electron chi connectivity index (χ0n) is 14.1. The first-order chi connectivity index (χ1) is 13.1. The van der Waals surface area contributed by atoms with E-state index < -0.39 is 0 Å². The molecule has 0 bridgehead atoms. The summed E-state index contributed by atoms with van der Waals surface area (Å²) in [6.07, 6.45) is 4.82. The van der Waals surface area contributed by atoms with E-state index in [2.05, 4.69) is 15.5 Å². The molecular formula is C20H15Cl2N3O2. The molecule has 0 spiro atoms. The van der Waals surface area contributed by atoms with Crippen LogP contribution < -0.4 is 5.32 Å². The van der Waals surface area contributed by atoms with Crippen LogP contribution in [-0.2, 0) is 12.8 Å². The van der Waals surface area contributed by atoms with Crippen LogP contribution in [0.15, 0.2) is 59.4 Å². The number of nitrogens with zero attached hydrogens (tertiary/aromatic N) is 1. The van der Waals surface area contributed by atoms with Crippen molar-refractivity contribution in [1.82, 2.24) is 10.1 Å². The van der Waals surface area contributed by atoms with Gasteiger partial charge in [-0.15, -0.1) is 0 Å². The van der Waals surface area contributed by atoms with Gasteiger partial charge in [0.25, 0.3) is 5.91 Å². The number of amides is 1. The lowest BCUT2D eigenvalue weighted by molar-refractivity contribution is 0.101. The van der Waals surface area contributed by atoms with Crippen LogP contribution in [0.4, 0.5) is 5.69 Å². The molecule has 0 saturated carbocycles. The first-order valence-corrected chi connectivity index (χ1v) is 9.11. The van der Waals surface area contributed by atoms with Gasteiger partial charge in [-0.25, -0.2) is 0 Å². The van der Waals surface area contributed by atoms with Gasteiger partial charge in [0, 0.05) is 38.9 Å². The van der Waals surface area contributed by atoms with E-state index in [0.29, 0.717) is 22.2 Å². The predicted octanol–water partition coefficient (Wildman–Crippen LogP) is 5.50. The Balaban J connectivity index is 1.56. The third-order valence-electron chi connectivity index (χ3n) is 4.38. The molecular weight excluding hydrogens is 385 g/mol. The van der Waals surface area contributed by atoms with E-state index in [9.17, 15) is 4.79 Å². The van der Waals surface area contributed by atoms with Crippen LogP contribution in [0.1, 0.15) is 21.6 Å². The fourth-order valence-electron chi connectivity index (χ4n) is 3.03. The van der Waals surface area contributed by atoms with Crippen molar-refractivity contribution in [3.05, 3.63) is 81.8 Å². The van der Waals surface area contributed by atoms with Gasteiger partial charge in [-0.3, -0.25) is 4.79 Å². The standard InChI is InChI=1S/C20H15Cl2N3O2/c21-14-3-5-17(24-20(26)19-7-8-27-25-19)12(9-14)1-2-13-11-23-18-6-4-15(22)10-16(13)18/h3-11,23H,1-2H2,(H,24,26). The van der Waals surface area contributed by atoms with Gasteiger partial charge in [-0.2, -0.15) is 0 Å². The Labute approximate surface area is 165 Å². The van der Waals surface area contributed by atoms with Crippen molar-refractivity contribution >= 4 is 45.7 Å². The van der Waals surface area contributed by atoms with Gasteiger partial charge in [0.15, 0.2) is 5.69 Å². The van der Waals surface area contributed by atoms with Crippen LogP contribution in [0.2, 0.25) is 10.0 Å². The number of hydrogen-bond donors (Lipinski definition) is 2. The van der Waals surface area contributed by atoms with Crippen LogP contribution in [0.3, 0.4) is 0 Å². The highest BCUT2D eigenvalue weighted by Gasteiger charge is 2.13. The molecule has 0 aliphatic heterocycles. The summed E-state index contributed by atoms with van der Waals surface area (Å²) in [5.74, 6) is -0.328. The largest absolute Gasteiger partial charge is 0.364 e. The van der Waals surface area contributed by atoms with Gasteiger partial charge in [-0.1, -0.05) is 28.4 Å². The highest BCUT2D eigenvalue weighted by Crippen LogP contribution is 2.26. The van der Waals surface area contributed by atoms with Crippen molar-refractivity contribution in [2.45, 2.75) is 12.8 Å². The van der Waals surface area contributed by atoms with Gasteiger partial charge in [0.1, 0.15) is 6.26 Å². The Morgan fingerprint density at radius 3 is 2.63 bits per heavy atom. The molecule has 4 rings (SSSR count). The molecule has 136 valence electrons.